The van der Waals surface area contributed by atoms with Crippen LogP contribution in [0.25, 0.3) is 21.9 Å². The average molecular weight is 537 g/mol. The molecule has 0 aromatic heterocycles. The molecule has 0 atom stereocenters. The van der Waals surface area contributed by atoms with Crippen LogP contribution in [0.2, 0.25) is 0 Å². The largest absolute Gasteiger partial charge is 0.439 e. The lowest BCUT2D eigenvalue weighted by Gasteiger charge is -2.15. The summed E-state index contributed by atoms with van der Waals surface area (Å²) in [4.78, 5) is 4.70. The van der Waals surface area contributed by atoms with Gasteiger partial charge in [-0.2, -0.15) is 0 Å². The van der Waals surface area contributed by atoms with Crippen molar-refractivity contribution in [3.63, 3.8) is 0 Å². The summed E-state index contributed by atoms with van der Waals surface area (Å²) in [5, 5.41) is 10.1. The Balaban J connectivity index is 2.24. The van der Waals surface area contributed by atoms with Crippen molar-refractivity contribution >= 4 is 50.8 Å². The number of nitrogens with one attached hydrogen (secondary N) is 1. The van der Waals surface area contributed by atoms with Crippen molar-refractivity contribution in [2.45, 2.75) is 26.7 Å². The molecule has 4 nitrogen and oxygen atoms in total. The van der Waals surface area contributed by atoms with Crippen LogP contribution in [0.15, 0.2) is 83.9 Å². The zero-order valence-corrected chi connectivity index (χ0v) is 20.7. The molecule has 0 amide bonds. The van der Waals surface area contributed by atoms with Gasteiger partial charge >= 0.3 is 0 Å². The number of rotatable bonds is 8. The fourth-order valence-electron chi connectivity index (χ4n) is 3.31. The summed E-state index contributed by atoms with van der Waals surface area (Å²) in [6.45, 7) is 12.0. The lowest BCUT2D eigenvalue weighted by atomic mass is 9.95. The van der Waals surface area contributed by atoms with Crippen molar-refractivity contribution in [1.29, 1.82) is 5.41 Å². The summed E-state index contributed by atoms with van der Waals surface area (Å²) in [6, 6.07) is 18.3. The topological polar surface area (TPSA) is 71.5 Å². The molecule has 0 saturated heterocycles. The Hall–Kier alpha value is -2.93. The van der Waals surface area contributed by atoms with Crippen LogP contribution in [-0.2, 0) is 6.42 Å². The van der Waals surface area contributed by atoms with Gasteiger partial charge in [-0.25, -0.2) is 4.99 Å². The highest BCUT2D eigenvalue weighted by Gasteiger charge is 2.14. The van der Waals surface area contributed by atoms with Gasteiger partial charge in [-0.1, -0.05) is 86.0 Å². The Bertz CT molecular complexity index is 1210. The molecular weight excluding hydrogens is 509 g/mol. The first-order valence-electron chi connectivity index (χ1n) is 10.6. The number of alkyl halides is 1. The van der Waals surface area contributed by atoms with E-state index in [0.717, 1.165) is 39.6 Å². The van der Waals surface area contributed by atoms with Crippen molar-refractivity contribution in [3.05, 3.63) is 84.5 Å². The average Bonchev–Trinajstić information content (AvgIpc) is 2.82. The molecule has 0 aliphatic carbocycles. The first-order chi connectivity index (χ1) is 15.4. The Morgan fingerprint density at radius 2 is 1.78 bits per heavy atom. The summed E-state index contributed by atoms with van der Waals surface area (Å²) >= 11 is 2.23. The molecule has 3 aromatic carbocycles. The maximum Gasteiger partial charge on any atom is 0.214 e. The minimum absolute atomic E-state index is 0.0795. The van der Waals surface area contributed by atoms with Crippen molar-refractivity contribution in [2.24, 2.45) is 10.7 Å². The maximum atomic E-state index is 8.20. The number of halogens is 1. The number of aliphatic imine (C=N–C) groups is 1. The number of hydrogen-bond donors (Lipinski definition) is 2. The Kier molecular flexibility index (Phi) is 7.85. The Morgan fingerprint density at radius 3 is 2.41 bits per heavy atom. The van der Waals surface area contributed by atoms with E-state index in [1.165, 1.54) is 5.56 Å². The molecule has 0 spiro atoms. The number of nitrogens with two attached hydrogens (primary N) is 1. The van der Waals surface area contributed by atoms with E-state index >= 15 is 0 Å². The highest BCUT2D eigenvalue weighted by Crippen LogP contribution is 2.39. The van der Waals surface area contributed by atoms with Gasteiger partial charge in [-0.15, -0.1) is 0 Å². The highest BCUT2D eigenvalue weighted by molar-refractivity contribution is 14.1. The number of ether oxygens (including phenoxy) is 1. The summed E-state index contributed by atoms with van der Waals surface area (Å²) < 4.78 is 6.58. The Labute approximate surface area is 203 Å². The van der Waals surface area contributed by atoms with Crippen LogP contribution in [0.5, 0.6) is 5.75 Å². The fraction of sp³-hybridized carbons (Fsp3) is 0.185. The van der Waals surface area contributed by atoms with Gasteiger partial charge < -0.3 is 10.5 Å². The van der Waals surface area contributed by atoms with Crippen LogP contribution in [0.4, 0.5) is 5.69 Å². The monoisotopic (exact) mass is 537 g/mol. The third-order valence-corrected chi connectivity index (χ3v) is 6.25. The molecule has 32 heavy (non-hydrogen) atoms. The molecule has 0 saturated carbocycles. The van der Waals surface area contributed by atoms with Crippen LogP contribution in [-0.4, -0.2) is 16.2 Å². The summed E-state index contributed by atoms with van der Waals surface area (Å²) in [5.74, 6) is 1.11. The number of amidine groups is 1. The van der Waals surface area contributed by atoms with Crippen LogP contribution in [0.3, 0.4) is 0 Å². The molecule has 0 radical (unpaired) electrons. The van der Waals surface area contributed by atoms with E-state index < -0.39 is 0 Å². The predicted molar refractivity (Wildman–Crippen MR) is 146 cm³/mol. The lowest BCUT2D eigenvalue weighted by molar-refractivity contribution is 0.545. The quantitative estimate of drug-likeness (QED) is 0.136. The van der Waals surface area contributed by atoms with E-state index in [-0.39, 0.29) is 5.90 Å². The second-order valence-corrected chi connectivity index (χ2v) is 8.28. The third-order valence-electron chi connectivity index (χ3n) is 5.33. The SMILES string of the molecule is C=C(CC)C(=N)Oc1cc(-c2ccc(CC)cc2)c2c(N=C(N)C(=C)CI)cccc2c1. The smallest absolute Gasteiger partial charge is 0.214 e. The molecule has 164 valence electrons. The maximum absolute atomic E-state index is 8.20. The van der Waals surface area contributed by atoms with Crippen LogP contribution >= 0.6 is 22.6 Å². The standard InChI is InChI=1S/C27H28IN3O/c1-5-17(3)27(30)32-22-14-21-8-7-9-24(31-26(29)18(4)16-28)25(21)23(15-22)20-12-10-19(6-2)11-13-20/h7-15,30H,3-6,16H2,1-2H3,(H2,29,31). The van der Waals surface area contributed by atoms with E-state index in [2.05, 4.69) is 66.9 Å². The van der Waals surface area contributed by atoms with Crippen LogP contribution in [0, 0.1) is 5.41 Å². The van der Waals surface area contributed by atoms with Gasteiger partial charge in [0.15, 0.2) is 0 Å². The summed E-state index contributed by atoms with van der Waals surface area (Å²) in [6.07, 6.45) is 1.64. The minimum Gasteiger partial charge on any atom is -0.439 e. The van der Waals surface area contributed by atoms with Crippen molar-refractivity contribution in [1.82, 2.24) is 0 Å². The normalized spacial score (nSPS) is 11.4. The number of nitrogens with zero attached hydrogens (tertiary/aromatic N) is 1. The molecule has 0 fully saturated rings. The van der Waals surface area contributed by atoms with Crippen molar-refractivity contribution in [3.8, 4) is 16.9 Å². The number of benzene rings is 3. The Morgan fingerprint density at radius 1 is 1.06 bits per heavy atom. The van der Waals surface area contributed by atoms with Gasteiger partial charge in [0.1, 0.15) is 11.6 Å². The van der Waals surface area contributed by atoms with Crippen LogP contribution in [0.1, 0.15) is 25.8 Å². The molecular formula is C27H28IN3O. The van der Waals surface area contributed by atoms with E-state index in [0.29, 0.717) is 28.0 Å². The zero-order valence-electron chi connectivity index (χ0n) is 18.5. The molecule has 3 aromatic rings. The van der Waals surface area contributed by atoms with Gasteiger partial charge in [0.2, 0.25) is 5.90 Å². The molecule has 3 rings (SSSR count). The first-order valence-corrected chi connectivity index (χ1v) is 12.1. The van der Waals surface area contributed by atoms with Gasteiger partial charge in [0.05, 0.1) is 5.69 Å². The van der Waals surface area contributed by atoms with Gasteiger partial charge in [0.25, 0.3) is 0 Å². The summed E-state index contributed by atoms with van der Waals surface area (Å²) in [5.41, 5.74) is 11.7. The van der Waals surface area contributed by atoms with Gasteiger partial charge in [0, 0.05) is 15.4 Å². The van der Waals surface area contributed by atoms with Crippen molar-refractivity contribution in [2.75, 3.05) is 4.43 Å². The van der Waals surface area contributed by atoms with Gasteiger partial charge in [-0.3, -0.25) is 5.41 Å². The molecule has 0 unspecified atom stereocenters. The molecule has 0 bridgehead atoms. The molecule has 0 aliphatic heterocycles. The number of hydrogen-bond acceptors (Lipinski definition) is 3. The van der Waals surface area contributed by atoms with E-state index in [4.69, 9.17) is 20.9 Å². The van der Waals surface area contributed by atoms with E-state index in [1.54, 1.807) is 0 Å². The molecule has 0 aliphatic rings. The second-order valence-electron chi connectivity index (χ2n) is 7.52. The predicted octanol–water partition coefficient (Wildman–Crippen LogP) is 7.37. The first kappa shape index (κ1) is 23.7. The number of aryl methyl sites for hydroxylation is 1. The minimum atomic E-state index is 0.0795. The lowest BCUT2D eigenvalue weighted by Crippen LogP contribution is -2.14. The molecule has 0 heterocycles. The number of fused-ring (bicyclic) bond motifs is 1. The zero-order chi connectivity index (χ0) is 23.3. The van der Waals surface area contributed by atoms with Gasteiger partial charge in [-0.05, 0) is 58.7 Å². The van der Waals surface area contributed by atoms with E-state index in [1.807, 2.05) is 37.3 Å². The molecule has 3 N–H and O–H groups in total. The fourth-order valence-corrected chi connectivity index (χ4v) is 3.70. The second kappa shape index (κ2) is 10.6. The summed E-state index contributed by atoms with van der Waals surface area (Å²) in [7, 11) is 0. The van der Waals surface area contributed by atoms with Crippen molar-refractivity contribution < 1.29 is 4.74 Å². The van der Waals surface area contributed by atoms with Crippen LogP contribution < -0.4 is 10.5 Å². The molecule has 5 heteroatoms. The van der Waals surface area contributed by atoms with E-state index in [9.17, 15) is 0 Å². The highest BCUT2D eigenvalue weighted by atomic mass is 127. The third kappa shape index (κ3) is 5.27.